The number of anilines is 10. The number of hydrogen-bond donors (Lipinski definition) is 10. The Hall–Kier alpha value is -16.0. The summed E-state index contributed by atoms with van der Waals surface area (Å²) in [5.74, 6) is 2.85. The van der Waals surface area contributed by atoms with E-state index in [1.807, 2.05) is 201 Å². The molecule has 2 saturated heterocycles. The zero-order chi connectivity index (χ0) is 104. The van der Waals surface area contributed by atoms with Crippen LogP contribution in [0.15, 0.2) is 334 Å². The maximum absolute atomic E-state index is 11.3. The van der Waals surface area contributed by atoms with Crippen LogP contribution < -0.4 is 75.3 Å². The molecule has 5 heterocycles. The number of nitrogen functional groups attached to an aromatic ring is 3. The van der Waals surface area contributed by atoms with Crippen LogP contribution in [0, 0.1) is 31.1 Å². The van der Waals surface area contributed by atoms with Gasteiger partial charge in [0.15, 0.2) is 11.6 Å². The first-order chi connectivity index (χ1) is 69.1. The molecule has 3 aliphatic heterocycles. The third-order valence-corrected chi connectivity index (χ3v) is 20.8. The van der Waals surface area contributed by atoms with Crippen LogP contribution in [0.5, 0.6) is 0 Å². The Morgan fingerprint density at radius 2 is 0.874 bits per heavy atom. The van der Waals surface area contributed by atoms with Crippen LogP contribution in [0.1, 0.15) is 134 Å². The normalized spacial score (nSPS) is 12.0. The fourth-order valence-electron chi connectivity index (χ4n) is 13.3. The molecule has 143 heavy (non-hydrogen) atoms. The monoisotopic (exact) mass is 1940 g/mol. The minimum Gasteiger partial charge on any atom is -0.399 e. The molecular weight excluding hydrogens is 1790 g/mol. The number of piperidine rings is 1. The van der Waals surface area contributed by atoms with Crippen LogP contribution in [0.3, 0.4) is 0 Å². The van der Waals surface area contributed by atoms with Crippen molar-refractivity contribution in [2.45, 2.75) is 111 Å². The van der Waals surface area contributed by atoms with E-state index in [-0.39, 0.29) is 48.2 Å². The number of ether oxygens (including phenoxy) is 1. The van der Waals surface area contributed by atoms with Gasteiger partial charge in [0.1, 0.15) is 18.0 Å². The Labute approximate surface area is 847 Å². The van der Waals surface area contributed by atoms with Gasteiger partial charge in [0.05, 0.1) is 36.2 Å². The molecule has 30 nitrogen and oxygen atoms in total. The number of carbonyl (C=O) groups excluding carboxylic acids is 6. The average molecular weight is 1940 g/mol. The van der Waals surface area contributed by atoms with Crippen LogP contribution in [0.4, 0.5) is 67.2 Å². The van der Waals surface area contributed by atoms with Gasteiger partial charge in [-0.1, -0.05) is 269 Å². The molecule has 4 aliphatic rings. The van der Waals surface area contributed by atoms with E-state index in [9.17, 15) is 28.8 Å². The molecule has 11 aromatic carbocycles. The second-order valence-corrected chi connectivity index (χ2v) is 33.0. The number of Topliss-reactive ketones (excluding diaryl/α,β-unsaturated/α-hetero) is 2. The van der Waals surface area contributed by atoms with Gasteiger partial charge in [0.2, 0.25) is 29.7 Å². The van der Waals surface area contributed by atoms with Gasteiger partial charge in [-0.2, -0.15) is 25.2 Å². The molecule has 0 spiro atoms. The number of para-hydroxylation sites is 7. The number of aromatic nitrogens is 6. The van der Waals surface area contributed by atoms with E-state index in [0.29, 0.717) is 41.7 Å². The lowest BCUT2D eigenvalue weighted by Crippen LogP contribution is -2.36. The first-order valence-electron chi connectivity index (χ1n) is 47.9. The number of likely N-dealkylation sites (N-methyl/N-ethyl adjacent to an activating group) is 2. The zero-order valence-corrected chi connectivity index (χ0v) is 85.0. The number of fused-ring (bicyclic) bond motifs is 1. The van der Waals surface area contributed by atoms with E-state index in [0.717, 1.165) is 86.6 Å². The van der Waals surface area contributed by atoms with Crippen LogP contribution in [0.25, 0.3) is 0 Å². The number of urea groups is 2. The summed E-state index contributed by atoms with van der Waals surface area (Å²) in [4.78, 5) is 100. The summed E-state index contributed by atoms with van der Waals surface area (Å²) < 4.78 is 5.28. The van der Waals surface area contributed by atoms with Gasteiger partial charge in [0.25, 0.3) is 0 Å². The summed E-state index contributed by atoms with van der Waals surface area (Å²) in [6, 6.07) is 107. The highest BCUT2D eigenvalue weighted by molar-refractivity contribution is 5.98. The number of aryl methyl sites for hydroxylation is 2. The van der Waals surface area contributed by atoms with Gasteiger partial charge in [-0.15, -0.1) is 0 Å². The molecular formula is C113H149N23O7. The molecule has 17 rings (SSSR count). The largest absolute Gasteiger partial charge is 0.399 e. The van der Waals surface area contributed by atoms with Gasteiger partial charge in [-0.05, 0) is 169 Å². The molecule has 6 amide bonds. The number of ketones is 2. The summed E-state index contributed by atoms with van der Waals surface area (Å²) in [6.07, 6.45) is 13.5. The van der Waals surface area contributed by atoms with E-state index in [1.165, 1.54) is 111 Å². The second-order valence-electron chi connectivity index (χ2n) is 33.0. The lowest BCUT2D eigenvalue weighted by Gasteiger charge is -2.34. The number of nitriles is 1. The molecule has 0 unspecified atom stereocenters. The van der Waals surface area contributed by atoms with E-state index in [4.69, 9.17) is 44.4 Å². The molecule has 13 aromatic rings. The Morgan fingerprint density at radius 1 is 0.462 bits per heavy atom. The van der Waals surface area contributed by atoms with Gasteiger partial charge in [0, 0.05) is 153 Å². The lowest BCUT2D eigenvalue weighted by molar-refractivity contribution is -0.118. The standard InChI is InChI=1S/C11H15N.C10H14N2.C10H11NO2.C10H13NO.C9H12N2O.C9H13N.C9H10O.C8H10N2O.C8H9NO.C7H15N.C7H5N.C6H7N.C5H9N5.C4H6N4/c1-3-7-11(8-4-1)12-9-5-2-6-10-12;1-11-7-8-12(2)10-6-4-3-5-9(10)11;11-10(13)7-6-9(12)8-4-2-1-3-5-8;1-2-4-10(5-3-1)11-6-8-12-9-7-11;1-11(2)9(12)10-8-6-4-3-5-7-8;1-10(2)8-9-6-4-3-5-7-9;1-2-9(10)8-6-4-3-5-7-8;9-8(11)10-6-7-4-2-1-3-5-7;1-7(10)9-8-5-3-2-4-6-8;2*8-6-7-4-2-1-3-5-7;7-6-4-2-1-3-5-6;1-3-8-4(6)10-5(7-2)9-3;1-3-6-2-7-4(5)8-3/h1,3-4,7-8H,2,5-6,9-10H2;3-6H,7-8H2,1-2H3;1-5H,6-7H2,(H2,11,13);1-5H,6-9H2;3-7H,1-2H3,(H,10,12);3-7H,8H2,1-2H3;3-7H,2H2,1H3;1-5H,6H2,(H3,9,10,11);2-6H,1H3,(H,9,10);7H,1-6,8H2;1-5H;1-5H,7H2;1-2H3,(H3,6,7,8,9,10);2H,1H3,(H2,5,6,7,8). The second kappa shape index (κ2) is 74.1. The van der Waals surface area contributed by atoms with Crippen molar-refractivity contribution in [2.24, 2.45) is 23.1 Å². The van der Waals surface area contributed by atoms with Crippen molar-refractivity contribution in [3.05, 3.63) is 373 Å². The summed E-state index contributed by atoms with van der Waals surface area (Å²) in [5, 5.41) is 18.9. The molecule has 0 radical (unpaired) electrons. The van der Waals surface area contributed by atoms with Crippen LogP contribution in [-0.4, -0.2) is 184 Å². The van der Waals surface area contributed by atoms with E-state index in [2.05, 4.69) is 207 Å². The number of nitrogens with two attached hydrogens (primary N) is 6. The smallest absolute Gasteiger partial charge is 0.321 e. The number of rotatable bonds is 16. The fraction of sp³-hybridized carbons (Fsp3) is 0.301. The van der Waals surface area contributed by atoms with Gasteiger partial charge in [-0.25, -0.2) is 19.6 Å². The molecule has 3 fully saturated rings. The average Bonchev–Trinajstić information content (AvgIpc) is 0.816. The molecule has 0 bridgehead atoms. The highest BCUT2D eigenvalue weighted by atomic mass is 16.5. The van der Waals surface area contributed by atoms with E-state index >= 15 is 0 Å². The summed E-state index contributed by atoms with van der Waals surface area (Å²) >= 11 is 0. The van der Waals surface area contributed by atoms with E-state index < -0.39 is 11.9 Å². The van der Waals surface area contributed by atoms with Crippen LogP contribution in [-0.2, 0) is 27.4 Å². The van der Waals surface area contributed by atoms with Crippen molar-refractivity contribution < 1.29 is 33.5 Å². The summed E-state index contributed by atoms with van der Waals surface area (Å²) in [6.45, 7) is 17.8. The zero-order valence-electron chi connectivity index (χ0n) is 85.0. The predicted molar refractivity (Wildman–Crippen MR) is 587 cm³/mol. The number of hydrogen-bond acceptors (Lipinski definition) is 24. The molecule has 758 valence electrons. The Morgan fingerprint density at radius 3 is 1.25 bits per heavy atom. The Bertz CT molecular complexity index is 5450. The number of benzene rings is 11. The maximum atomic E-state index is 11.3. The predicted octanol–water partition coefficient (Wildman–Crippen LogP) is 19.1. The molecule has 30 heteroatoms. The number of morpholine rings is 1. The minimum absolute atomic E-state index is 0.0359. The van der Waals surface area contributed by atoms with E-state index in [1.54, 1.807) is 71.4 Å². The van der Waals surface area contributed by atoms with Gasteiger partial charge in [-0.3, -0.25) is 19.2 Å². The molecule has 2 aromatic heterocycles. The minimum atomic E-state index is -0.492. The number of nitrogens with zero attached hydrogens (tertiary/aromatic N) is 13. The van der Waals surface area contributed by atoms with Crippen LogP contribution >= 0.6 is 0 Å². The molecule has 16 N–H and O–H groups in total. The SMILES string of the molecule is CC(=O)Nc1ccccc1.CCC(=O)c1ccccc1.CN(C)C(=O)Nc1ccccc1.CN(C)Cc1ccccc1.CN1CCN(C)c2ccccc21.CNc1nc(C)nc(N)n1.Cc1ncnc(N)n1.N#Cc1ccccc1.NC(=O)CCC(=O)c1ccccc1.NC(=O)NCc1ccccc1.NCC1CCCCC1.Nc1ccccc1.c1ccc(N2CCCCC2)cc1.c1ccc(N2CCOCC2)cc1. The van der Waals surface area contributed by atoms with Gasteiger partial charge < -0.3 is 89.8 Å². The Balaban J connectivity index is 0.000000322. The van der Waals surface area contributed by atoms with Crippen LogP contribution in [0.2, 0.25) is 0 Å². The van der Waals surface area contributed by atoms with Crippen molar-refractivity contribution in [3.63, 3.8) is 0 Å². The highest BCUT2D eigenvalue weighted by Gasteiger charge is 2.17. The van der Waals surface area contributed by atoms with Gasteiger partial charge >= 0.3 is 12.1 Å². The third-order valence-electron chi connectivity index (χ3n) is 20.8. The number of amides is 6. The first kappa shape index (κ1) is 119. The maximum Gasteiger partial charge on any atom is 0.321 e. The van der Waals surface area contributed by atoms with Crippen molar-refractivity contribution in [1.82, 2.24) is 45.0 Å². The van der Waals surface area contributed by atoms with Crippen molar-refractivity contribution >= 4 is 93.1 Å². The molecule has 1 saturated carbocycles. The van der Waals surface area contributed by atoms with Crippen molar-refractivity contribution in [3.8, 4) is 6.07 Å². The number of carbonyl (C=O) groups is 6. The summed E-state index contributed by atoms with van der Waals surface area (Å²) in [7, 11) is 13.6. The lowest BCUT2D eigenvalue weighted by atomic mass is 9.90. The number of nitrogens with one attached hydrogen (secondary N) is 4. The summed E-state index contributed by atoms with van der Waals surface area (Å²) in [5.41, 5.74) is 43.6. The van der Waals surface area contributed by atoms with Crippen molar-refractivity contribution in [2.75, 3.05) is 161 Å². The Kier molecular flexibility index (Phi) is 61.9. The molecule has 0 atom stereocenters. The highest BCUT2D eigenvalue weighted by Crippen LogP contribution is 2.30. The fourth-order valence-corrected chi connectivity index (χ4v) is 13.3. The quantitative estimate of drug-likeness (QED) is 0.0317. The first-order valence-corrected chi connectivity index (χ1v) is 47.9. The van der Waals surface area contributed by atoms with Crippen molar-refractivity contribution in [1.29, 1.82) is 5.26 Å². The molecule has 1 aliphatic carbocycles. The topological polar surface area (TPSA) is 436 Å². The third kappa shape index (κ3) is 57.2. The number of primary amides is 2.